The first-order valence-corrected chi connectivity index (χ1v) is 10.8. The molecule has 1 aromatic heterocycles. The molecule has 0 radical (unpaired) electrons. The smallest absolute Gasteiger partial charge is 0.234 e. The first-order chi connectivity index (χ1) is 14.5. The zero-order valence-corrected chi connectivity index (χ0v) is 18.4. The van der Waals surface area contributed by atoms with Gasteiger partial charge in [-0.3, -0.25) is 9.36 Å². The largest absolute Gasteiger partial charge is 0.481 e. The van der Waals surface area contributed by atoms with Crippen molar-refractivity contribution >= 4 is 35.0 Å². The van der Waals surface area contributed by atoms with Gasteiger partial charge in [0.2, 0.25) is 5.91 Å². The van der Waals surface area contributed by atoms with Crippen molar-refractivity contribution in [3.05, 3.63) is 77.6 Å². The predicted octanol–water partition coefficient (Wildman–Crippen LogP) is 5.30. The van der Waals surface area contributed by atoms with E-state index in [0.717, 1.165) is 11.3 Å². The summed E-state index contributed by atoms with van der Waals surface area (Å²) in [6.07, 6.45) is 1.37. The summed E-state index contributed by atoms with van der Waals surface area (Å²) >= 11 is 7.51. The highest BCUT2D eigenvalue weighted by Gasteiger charge is 2.20. The van der Waals surface area contributed by atoms with E-state index in [1.165, 1.54) is 11.8 Å². The summed E-state index contributed by atoms with van der Waals surface area (Å²) in [5.41, 5.74) is 1.82. The van der Waals surface area contributed by atoms with Gasteiger partial charge in [-0.2, -0.15) is 0 Å². The van der Waals surface area contributed by atoms with Crippen LogP contribution < -0.4 is 10.1 Å². The summed E-state index contributed by atoms with van der Waals surface area (Å²) in [5.74, 6) is 1.32. The number of hydrogen-bond donors (Lipinski definition) is 1. The highest BCUT2D eigenvalue weighted by atomic mass is 35.5. The number of anilines is 1. The zero-order valence-electron chi connectivity index (χ0n) is 16.8. The Kier molecular flexibility index (Phi) is 7.54. The summed E-state index contributed by atoms with van der Waals surface area (Å²) in [5, 5.41) is 12.6. The van der Waals surface area contributed by atoms with Crippen LogP contribution in [0, 0.1) is 6.92 Å². The Morgan fingerprint density at radius 3 is 2.73 bits per heavy atom. The first-order valence-electron chi connectivity index (χ1n) is 9.43. The Morgan fingerprint density at radius 1 is 1.27 bits per heavy atom. The number of nitrogens with zero attached hydrogens (tertiary/aromatic N) is 3. The Balaban J connectivity index is 1.69. The fourth-order valence-electron chi connectivity index (χ4n) is 2.82. The van der Waals surface area contributed by atoms with Gasteiger partial charge in [0.05, 0.1) is 10.8 Å². The Labute approximate surface area is 185 Å². The molecule has 1 unspecified atom stereocenters. The molecule has 30 heavy (non-hydrogen) atoms. The van der Waals surface area contributed by atoms with Gasteiger partial charge in [0.15, 0.2) is 17.1 Å². The van der Waals surface area contributed by atoms with E-state index >= 15 is 0 Å². The minimum absolute atomic E-state index is 0.107. The molecule has 0 aliphatic heterocycles. The molecule has 2 aromatic carbocycles. The van der Waals surface area contributed by atoms with Crippen molar-refractivity contribution < 1.29 is 9.53 Å². The number of nitrogens with one attached hydrogen (secondary N) is 1. The van der Waals surface area contributed by atoms with Crippen molar-refractivity contribution in [3.63, 3.8) is 0 Å². The molecule has 0 aliphatic rings. The van der Waals surface area contributed by atoms with Gasteiger partial charge < -0.3 is 10.1 Å². The standard InChI is InChI=1S/C22H23ClN4O2S/c1-4-13-27-21(16(3)29-19-12-8-6-10-17(19)23)25-26-22(27)30-14-20(28)24-18-11-7-5-9-15(18)2/h4-12,16H,1,13-14H2,2-3H3,(H,24,28). The molecule has 0 fully saturated rings. The van der Waals surface area contributed by atoms with Gasteiger partial charge in [-0.25, -0.2) is 0 Å². The molecule has 3 aromatic rings. The maximum absolute atomic E-state index is 12.4. The van der Waals surface area contributed by atoms with Gasteiger partial charge in [0.25, 0.3) is 0 Å². The van der Waals surface area contributed by atoms with Gasteiger partial charge in [0, 0.05) is 12.2 Å². The normalized spacial score (nSPS) is 11.7. The van der Waals surface area contributed by atoms with Gasteiger partial charge in [0.1, 0.15) is 5.75 Å². The molecule has 1 atom stereocenters. The maximum Gasteiger partial charge on any atom is 0.234 e. The number of aryl methyl sites for hydroxylation is 1. The van der Waals surface area contributed by atoms with Crippen LogP contribution in [0.25, 0.3) is 0 Å². The number of halogens is 1. The molecule has 0 spiro atoms. The molecule has 1 N–H and O–H groups in total. The lowest BCUT2D eigenvalue weighted by Crippen LogP contribution is -2.16. The molecule has 156 valence electrons. The van der Waals surface area contributed by atoms with Crippen LogP contribution in [-0.4, -0.2) is 26.4 Å². The van der Waals surface area contributed by atoms with E-state index in [4.69, 9.17) is 16.3 Å². The lowest BCUT2D eigenvalue weighted by atomic mass is 10.2. The first kappa shape index (κ1) is 21.9. The van der Waals surface area contributed by atoms with E-state index in [-0.39, 0.29) is 17.8 Å². The quantitative estimate of drug-likeness (QED) is 0.360. The highest BCUT2D eigenvalue weighted by Crippen LogP contribution is 2.29. The monoisotopic (exact) mass is 442 g/mol. The van der Waals surface area contributed by atoms with Gasteiger partial charge in [-0.05, 0) is 37.6 Å². The molecule has 8 heteroatoms. The van der Waals surface area contributed by atoms with E-state index in [9.17, 15) is 4.79 Å². The van der Waals surface area contributed by atoms with Gasteiger partial charge >= 0.3 is 0 Å². The van der Waals surface area contributed by atoms with Crippen LogP contribution in [0.3, 0.4) is 0 Å². The molecule has 6 nitrogen and oxygen atoms in total. The van der Waals surface area contributed by atoms with Gasteiger partial charge in [-0.15, -0.1) is 16.8 Å². The molecule has 1 heterocycles. The van der Waals surface area contributed by atoms with Gasteiger partial charge in [-0.1, -0.05) is 59.8 Å². The minimum atomic E-state index is -0.382. The van der Waals surface area contributed by atoms with Crippen molar-refractivity contribution in [2.75, 3.05) is 11.1 Å². The van der Waals surface area contributed by atoms with E-state index in [0.29, 0.717) is 28.3 Å². The lowest BCUT2D eigenvalue weighted by Gasteiger charge is -2.16. The predicted molar refractivity (Wildman–Crippen MR) is 121 cm³/mol. The third-order valence-corrected chi connectivity index (χ3v) is 5.59. The molecular weight excluding hydrogens is 420 g/mol. The average Bonchev–Trinajstić information content (AvgIpc) is 3.13. The third kappa shape index (κ3) is 5.43. The van der Waals surface area contributed by atoms with Crippen molar-refractivity contribution in [1.82, 2.24) is 14.8 Å². The Bertz CT molecular complexity index is 1040. The van der Waals surface area contributed by atoms with Crippen LogP contribution >= 0.6 is 23.4 Å². The average molecular weight is 443 g/mol. The van der Waals surface area contributed by atoms with Crippen molar-refractivity contribution in [3.8, 4) is 5.75 Å². The summed E-state index contributed by atoms with van der Waals surface area (Å²) < 4.78 is 7.86. The number of carbonyl (C=O) groups excluding carboxylic acids is 1. The zero-order chi connectivity index (χ0) is 21.5. The third-order valence-electron chi connectivity index (χ3n) is 4.31. The summed E-state index contributed by atoms with van der Waals surface area (Å²) in [6.45, 7) is 8.15. The minimum Gasteiger partial charge on any atom is -0.481 e. The molecule has 3 rings (SSSR count). The number of rotatable bonds is 9. The molecule has 0 bridgehead atoms. The Hall–Kier alpha value is -2.77. The van der Waals surface area contributed by atoms with Crippen LogP contribution in [0.15, 0.2) is 66.3 Å². The number of thioether (sulfide) groups is 1. The number of para-hydroxylation sites is 2. The molecule has 0 aliphatic carbocycles. The van der Waals surface area contributed by atoms with Crippen LogP contribution in [0.1, 0.15) is 24.4 Å². The molecule has 0 saturated heterocycles. The summed E-state index contributed by atoms with van der Waals surface area (Å²) in [7, 11) is 0. The van der Waals surface area contributed by atoms with Crippen molar-refractivity contribution in [2.24, 2.45) is 0 Å². The highest BCUT2D eigenvalue weighted by molar-refractivity contribution is 7.99. The molecule has 0 saturated carbocycles. The van der Waals surface area contributed by atoms with Crippen LogP contribution in [-0.2, 0) is 11.3 Å². The fraction of sp³-hybridized carbons (Fsp3) is 0.227. The maximum atomic E-state index is 12.4. The molecule has 1 amide bonds. The summed E-state index contributed by atoms with van der Waals surface area (Å²) in [4.78, 5) is 12.4. The lowest BCUT2D eigenvalue weighted by molar-refractivity contribution is -0.113. The van der Waals surface area contributed by atoms with E-state index in [1.807, 2.05) is 54.8 Å². The topological polar surface area (TPSA) is 69.0 Å². The second-order valence-corrected chi connectivity index (χ2v) is 7.93. The number of carbonyl (C=O) groups is 1. The van der Waals surface area contributed by atoms with Crippen LogP contribution in [0.4, 0.5) is 5.69 Å². The second kappa shape index (κ2) is 10.3. The number of aromatic nitrogens is 3. The number of ether oxygens (including phenoxy) is 1. The Morgan fingerprint density at radius 2 is 2.00 bits per heavy atom. The number of amides is 1. The number of hydrogen-bond acceptors (Lipinski definition) is 5. The second-order valence-electron chi connectivity index (χ2n) is 6.58. The van der Waals surface area contributed by atoms with Crippen LogP contribution in [0.5, 0.6) is 5.75 Å². The number of benzene rings is 2. The van der Waals surface area contributed by atoms with E-state index in [2.05, 4.69) is 22.1 Å². The molecular formula is C22H23ClN4O2S. The number of allylic oxidation sites excluding steroid dienone is 1. The SMILES string of the molecule is C=CCn1c(SCC(=O)Nc2ccccc2C)nnc1C(C)Oc1ccccc1Cl. The van der Waals surface area contributed by atoms with Crippen molar-refractivity contribution in [2.45, 2.75) is 31.7 Å². The van der Waals surface area contributed by atoms with E-state index < -0.39 is 0 Å². The van der Waals surface area contributed by atoms with Crippen LogP contribution in [0.2, 0.25) is 5.02 Å². The fourth-order valence-corrected chi connectivity index (χ4v) is 3.76. The summed E-state index contributed by atoms with van der Waals surface area (Å²) in [6, 6.07) is 14.9. The van der Waals surface area contributed by atoms with Crippen molar-refractivity contribution in [1.29, 1.82) is 0 Å². The van der Waals surface area contributed by atoms with E-state index in [1.54, 1.807) is 18.2 Å².